The molecule has 1 aliphatic carbocycles. The highest BCUT2D eigenvalue weighted by Gasteiger charge is 2.45. The number of Topliss-reactive ketones (excluding diaryl/α,β-unsaturated/α-hetero) is 1. The Morgan fingerprint density at radius 2 is 1.83 bits per heavy atom. The Balaban J connectivity index is 1.93. The van der Waals surface area contributed by atoms with Gasteiger partial charge in [-0.2, -0.15) is 5.26 Å². The van der Waals surface area contributed by atoms with Gasteiger partial charge < -0.3 is 10.5 Å². The van der Waals surface area contributed by atoms with Crippen molar-refractivity contribution in [3.05, 3.63) is 81.0 Å². The van der Waals surface area contributed by atoms with Gasteiger partial charge in [0.15, 0.2) is 5.78 Å². The number of anilines is 1. The molecule has 0 bridgehead atoms. The fourth-order valence-corrected chi connectivity index (χ4v) is 5.03. The summed E-state index contributed by atoms with van der Waals surface area (Å²) in [5.74, 6) is -2.30. The molecule has 35 heavy (non-hydrogen) atoms. The second kappa shape index (κ2) is 8.72. The van der Waals surface area contributed by atoms with Crippen LogP contribution in [-0.4, -0.2) is 12.1 Å². The van der Waals surface area contributed by atoms with Crippen molar-refractivity contribution in [2.45, 2.75) is 39.0 Å². The molecule has 10 heteroatoms. The van der Waals surface area contributed by atoms with Crippen molar-refractivity contribution < 1.29 is 27.1 Å². The molecule has 2 aromatic rings. The number of carbonyl (C=O) groups is 1. The third-order valence-corrected chi connectivity index (χ3v) is 6.47. The third kappa shape index (κ3) is 4.78. The van der Waals surface area contributed by atoms with Gasteiger partial charge in [0, 0.05) is 33.4 Å². The summed E-state index contributed by atoms with van der Waals surface area (Å²) in [4.78, 5) is 14.9. The van der Waals surface area contributed by atoms with Gasteiger partial charge in [-0.1, -0.05) is 29.8 Å². The maximum Gasteiger partial charge on any atom is 0.573 e. The van der Waals surface area contributed by atoms with Crippen molar-refractivity contribution >= 4 is 27.4 Å². The first-order valence-electron chi connectivity index (χ1n) is 10.6. The van der Waals surface area contributed by atoms with Crippen LogP contribution in [0.1, 0.15) is 38.2 Å². The van der Waals surface area contributed by atoms with Crippen LogP contribution in [0, 0.1) is 22.6 Å². The summed E-state index contributed by atoms with van der Waals surface area (Å²) in [5.41, 5.74) is 7.18. The smallest absolute Gasteiger partial charge is 0.406 e. The van der Waals surface area contributed by atoms with Crippen LogP contribution in [0.4, 0.5) is 23.2 Å². The zero-order chi connectivity index (χ0) is 25.7. The highest BCUT2D eigenvalue weighted by atomic mass is 79.9. The van der Waals surface area contributed by atoms with Crippen LogP contribution < -0.4 is 15.4 Å². The molecule has 0 radical (unpaired) electrons. The number of hydrogen-bond donors (Lipinski definition) is 1. The average molecular weight is 550 g/mol. The fraction of sp³-hybridized carbons (Fsp3) is 0.280. The van der Waals surface area contributed by atoms with Gasteiger partial charge >= 0.3 is 6.36 Å². The lowest BCUT2D eigenvalue weighted by Gasteiger charge is -2.43. The van der Waals surface area contributed by atoms with Crippen LogP contribution in [0.2, 0.25) is 0 Å². The minimum Gasteiger partial charge on any atom is -0.406 e. The molecular formula is C25H20BrF4N3O2. The van der Waals surface area contributed by atoms with Gasteiger partial charge in [-0.25, -0.2) is 4.39 Å². The number of carbonyl (C=O) groups excluding carboxylic acids is 1. The molecule has 0 spiro atoms. The second-order valence-corrected chi connectivity index (χ2v) is 10.1. The summed E-state index contributed by atoms with van der Waals surface area (Å²) in [6.07, 6.45) is -4.29. The third-order valence-electron chi connectivity index (χ3n) is 5.98. The molecule has 1 unspecified atom stereocenters. The molecule has 5 nitrogen and oxygen atoms in total. The van der Waals surface area contributed by atoms with E-state index in [-0.39, 0.29) is 34.7 Å². The molecule has 2 N–H and O–H groups in total. The number of hydrogen-bond acceptors (Lipinski definition) is 5. The standard InChI is InChI=1S/C25H20BrF4N3O2/c1-24(2)10-19-22(20(34)11-24)21(16-9-13(26)3-8-18(16)27)17(12-31)23(32)33(19)14-4-6-15(7-5-14)35-25(28,29)30/h3-9,21H,10-11,32H2,1-2H3. The van der Waals surface area contributed by atoms with Gasteiger partial charge in [0.2, 0.25) is 0 Å². The quantitative estimate of drug-likeness (QED) is 0.446. The largest absolute Gasteiger partial charge is 0.573 e. The van der Waals surface area contributed by atoms with Gasteiger partial charge in [-0.05, 0) is 54.3 Å². The van der Waals surface area contributed by atoms with Crippen LogP contribution in [0.15, 0.2) is 69.6 Å². The molecule has 4 rings (SSSR count). The first-order chi connectivity index (χ1) is 16.3. The van der Waals surface area contributed by atoms with Crippen molar-refractivity contribution in [2.75, 3.05) is 4.90 Å². The number of allylic oxidation sites excluding steroid dienone is 3. The molecule has 0 amide bonds. The summed E-state index contributed by atoms with van der Waals surface area (Å²) >= 11 is 3.32. The van der Waals surface area contributed by atoms with Gasteiger partial charge in [-0.15, -0.1) is 13.2 Å². The summed E-state index contributed by atoms with van der Waals surface area (Å²) < 4.78 is 57.3. The number of ether oxygens (including phenoxy) is 1. The van der Waals surface area contributed by atoms with E-state index >= 15 is 0 Å². The monoisotopic (exact) mass is 549 g/mol. The Kier molecular flexibility index (Phi) is 6.18. The van der Waals surface area contributed by atoms with Gasteiger partial charge in [-0.3, -0.25) is 9.69 Å². The molecule has 182 valence electrons. The van der Waals surface area contributed by atoms with Gasteiger partial charge in [0.25, 0.3) is 0 Å². The van der Waals surface area contributed by atoms with Crippen molar-refractivity contribution in [1.82, 2.24) is 0 Å². The predicted molar refractivity (Wildman–Crippen MR) is 124 cm³/mol. The molecule has 2 aliphatic rings. The van der Waals surface area contributed by atoms with Crippen LogP contribution in [0.3, 0.4) is 0 Å². The molecule has 0 aromatic heterocycles. The van der Waals surface area contributed by atoms with E-state index in [0.29, 0.717) is 22.3 Å². The lowest BCUT2D eigenvalue weighted by Crippen LogP contribution is -2.42. The second-order valence-electron chi connectivity index (χ2n) is 9.19. The van der Waals surface area contributed by atoms with Gasteiger partial charge in [0.1, 0.15) is 17.4 Å². The maximum atomic E-state index is 15.0. The van der Waals surface area contributed by atoms with Crippen LogP contribution >= 0.6 is 15.9 Å². The number of nitrogens with zero attached hydrogens (tertiary/aromatic N) is 2. The lowest BCUT2D eigenvalue weighted by molar-refractivity contribution is -0.274. The molecule has 0 saturated heterocycles. The molecule has 0 fully saturated rings. The Labute approximate surface area is 207 Å². The van der Waals surface area contributed by atoms with E-state index < -0.39 is 29.3 Å². The predicted octanol–water partition coefficient (Wildman–Crippen LogP) is 6.43. The van der Waals surface area contributed by atoms with E-state index in [1.54, 1.807) is 0 Å². The molecular weight excluding hydrogens is 530 g/mol. The van der Waals surface area contributed by atoms with Crippen molar-refractivity contribution in [2.24, 2.45) is 11.1 Å². The number of rotatable bonds is 3. The Morgan fingerprint density at radius 1 is 1.17 bits per heavy atom. The highest BCUT2D eigenvalue weighted by Crippen LogP contribution is 2.50. The SMILES string of the molecule is CC1(C)CC(=O)C2=C(C1)N(c1ccc(OC(F)(F)F)cc1)C(N)=C(C#N)C2c1cc(Br)ccc1F. The summed E-state index contributed by atoms with van der Waals surface area (Å²) in [5, 5.41) is 10.0. The maximum absolute atomic E-state index is 15.0. The van der Waals surface area contributed by atoms with E-state index in [0.717, 1.165) is 12.1 Å². The van der Waals surface area contributed by atoms with E-state index in [2.05, 4.69) is 20.7 Å². The zero-order valence-electron chi connectivity index (χ0n) is 18.7. The number of halogens is 5. The number of ketones is 1. The number of nitriles is 1. The Bertz CT molecular complexity index is 1310. The molecule has 0 saturated carbocycles. The first kappa shape index (κ1) is 24.8. The molecule has 1 heterocycles. The zero-order valence-corrected chi connectivity index (χ0v) is 20.3. The van der Waals surface area contributed by atoms with E-state index in [9.17, 15) is 27.6 Å². The Morgan fingerprint density at radius 3 is 2.43 bits per heavy atom. The van der Waals surface area contributed by atoms with E-state index in [1.165, 1.54) is 35.2 Å². The normalized spacial score (nSPS) is 20.0. The minimum absolute atomic E-state index is 0.0226. The van der Waals surface area contributed by atoms with Crippen molar-refractivity contribution in [1.29, 1.82) is 5.26 Å². The molecule has 2 aromatic carbocycles. The fourth-order valence-electron chi connectivity index (χ4n) is 4.65. The van der Waals surface area contributed by atoms with Crippen molar-refractivity contribution in [3.63, 3.8) is 0 Å². The first-order valence-corrected chi connectivity index (χ1v) is 11.4. The highest BCUT2D eigenvalue weighted by molar-refractivity contribution is 9.10. The Hall–Kier alpha value is -3.32. The van der Waals surface area contributed by atoms with E-state index in [4.69, 9.17) is 5.73 Å². The van der Waals surface area contributed by atoms with Crippen LogP contribution in [-0.2, 0) is 4.79 Å². The number of benzene rings is 2. The molecule has 1 atom stereocenters. The number of nitrogens with two attached hydrogens (primary N) is 1. The summed E-state index contributed by atoms with van der Waals surface area (Å²) in [6, 6.07) is 11.3. The van der Waals surface area contributed by atoms with E-state index in [1.807, 2.05) is 19.9 Å². The van der Waals surface area contributed by atoms with Crippen LogP contribution in [0.25, 0.3) is 0 Å². The van der Waals surface area contributed by atoms with Crippen LogP contribution in [0.5, 0.6) is 5.75 Å². The van der Waals surface area contributed by atoms with Crippen molar-refractivity contribution in [3.8, 4) is 11.8 Å². The van der Waals surface area contributed by atoms with Gasteiger partial charge in [0.05, 0.1) is 17.6 Å². The summed E-state index contributed by atoms with van der Waals surface area (Å²) in [6.45, 7) is 3.81. The lowest BCUT2D eigenvalue weighted by atomic mass is 9.68. The number of alkyl halides is 3. The minimum atomic E-state index is -4.85. The topological polar surface area (TPSA) is 79.3 Å². The molecule has 1 aliphatic heterocycles. The average Bonchev–Trinajstić information content (AvgIpc) is 2.74. The summed E-state index contributed by atoms with van der Waals surface area (Å²) in [7, 11) is 0.